The third-order valence-corrected chi connectivity index (χ3v) is 4.48. The maximum absolute atomic E-state index is 11.7. The lowest BCUT2D eigenvalue weighted by atomic mass is 9.99. The number of carbonyl (C=O) groups is 1. The first-order valence-electron chi connectivity index (χ1n) is 7.65. The third-order valence-electron chi connectivity index (χ3n) is 4.48. The molecule has 2 aliphatic heterocycles. The van der Waals surface area contributed by atoms with Crippen molar-refractivity contribution in [3.63, 3.8) is 0 Å². The minimum absolute atomic E-state index is 0.149. The van der Waals surface area contributed by atoms with Gasteiger partial charge in [0.25, 0.3) is 0 Å². The minimum atomic E-state index is 0.149. The largest absolute Gasteiger partial charge is 0.341 e. The Morgan fingerprint density at radius 3 is 2.58 bits per heavy atom. The lowest BCUT2D eigenvalue weighted by Crippen LogP contribution is -2.34. The van der Waals surface area contributed by atoms with Crippen molar-refractivity contribution < 1.29 is 4.79 Å². The summed E-state index contributed by atoms with van der Waals surface area (Å²) in [5, 5.41) is 0. The summed E-state index contributed by atoms with van der Waals surface area (Å²) in [5.41, 5.74) is 0. The molecule has 0 N–H and O–H groups in total. The molecule has 2 fully saturated rings. The Hall–Kier alpha value is -1.01. The zero-order chi connectivity index (χ0) is 13.7. The molecule has 1 unspecified atom stereocenters. The van der Waals surface area contributed by atoms with E-state index in [4.69, 9.17) is 6.42 Å². The summed E-state index contributed by atoms with van der Waals surface area (Å²) in [7, 11) is 0. The number of carbonyl (C=O) groups excluding carboxylic acids is 1. The van der Waals surface area contributed by atoms with Gasteiger partial charge in [0.1, 0.15) is 0 Å². The zero-order valence-corrected chi connectivity index (χ0v) is 12.1. The Morgan fingerprint density at radius 1 is 1.26 bits per heavy atom. The number of hydrogen-bond donors (Lipinski definition) is 0. The molecule has 2 aliphatic rings. The van der Waals surface area contributed by atoms with Crippen LogP contribution in [0.3, 0.4) is 0 Å². The fraction of sp³-hybridized carbons (Fsp3) is 0.812. The van der Waals surface area contributed by atoms with Crippen LogP contribution in [0.5, 0.6) is 0 Å². The molecule has 0 aromatic carbocycles. The lowest BCUT2D eigenvalue weighted by Gasteiger charge is -2.30. The number of hydrogen-bond acceptors (Lipinski definition) is 2. The van der Waals surface area contributed by atoms with E-state index in [1.165, 1.54) is 38.9 Å². The van der Waals surface area contributed by atoms with Gasteiger partial charge >= 0.3 is 0 Å². The van der Waals surface area contributed by atoms with E-state index in [0.717, 1.165) is 25.4 Å². The van der Waals surface area contributed by atoms with E-state index in [2.05, 4.69) is 17.7 Å². The molecule has 3 nitrogen and oxygen atoms in total. The maximum Gasteiger partial charge on any atom is 0.223 e. The number of amides is 1. The summed E-state index contributed by atoms with van der Waals surface area (Å²) in [4.78, 5) is 16.2. The summed E-state index contributed by atoms with van der Waals surface area (Å²) in [6.07, 6.45) is 10.9. The average Bonchev–Trinajstić information content (AvgIpc) is 2.77. The molecule has 2 heterocycles. The van der Waals surface area contributed by atoms with Crippen molar-refractivity contribution in [2.24, 2.45) is 11.8 Å². The highest BCUT2D eigenvalue weighted by molar-refractivity contribution is 5.79. The highest BCUT2D eigenvalue weighted by Crippen LogP contribution is 2.18. The second kappa shape index (κ2) is 6.96. The van der Waals surface area contributed by atoms with E-state index < -0.39 is 0 Å². The van der Waals surface area contributed by atoms with E-state index in [1.54, 1.807) is 0 Å². The van der Waals surface area contributed by atoms with E-state index in [-0.39, 0.29) is 11.8 Å². The van der Waals surface area contributed by atoms with Gasteiger partial charge in [-0.3, -0.25) is 4.79 Å². The molecule has 0 aromatic rings. The normalized spacial score (nSPS) is 25.8. The third kappa shape index (κ3) is 4.24. The van der Waals surface area contributed by atoms with Crippen LogP contribution in [0, 0.1) is 24.2 Å². The molecule has 0 radical (unpaired) electrons. The Balaban J connectivity index is 1.57. The highest BCUT2D eigenvalue weighted by atomic mass is 16.2. The summed E-state index contributed by atoms with van der Waals surface area (Å²) < 4.78 is 0. The SMILES string of the molecule is C#CC1CC(=O)N(CCCCN2CCC(C)CC2)C1. The van der Waals surface area contributed by atoms with Gasteiger partial charge in [-0.15, -0.1) is 12.3 Å². The Kier molecular flexibility index (Phi) is 5.27. The Bertz CT molecular complexity index is 339. The van der Waals surface area contributed by atoms with E-state index in [9.17, 15) is 4.79 Å². The molecular weight excluding hydrogens is 236 g/mol. The quantitative estimate of drug-likeness (QED) is 0.559. The predicted molar refractivity (Wildman–Crippen MR) is 77.6 cm³/mol. The van der Waals surface area contributed by atoms with Crippen molar-refractivity contribution in [1.29, 1.82) is 0 Å². The van der Waals surface area contributed by atoms with Crippen LogP contribution in [0.1, 0.15) is 39.0 Å². The van der Waals surface area contributed by atoms with Gasteiger partial charge in [-0.1, -0.05) is 6.92 Å². The number of piperidine rings is 1. The van der Waals surface area contributed by atoms with E-state index in [1.807, 2.05) is 4.90 Å². The summed E-state index contributed by atoms with van der Waals surface area (Å²) in [6.45, 7) is 7.70. The first-order chi connectivity index (χ1) is 9.19. The summed E-state index contributed by atoms with van der Waals surface area (Å²) >= 11 is 0. The Labute approximate surface area is 117 Å². The number of nitrogens with zero attached hydrogens (tertiary/aromatic N) is 2. The van der Waals surface area contributed by atoms with Gasteiger partial charge in [-0.05, 0) is 51.2 Å². The average molecular weight is 262 g/mol. The second-order valence-corrected chi connectivity index (χ2v) is 6.14. The molecular formula is C16H26N2O. The maximum atomic E-state index is 11.7. The molecule has 106 valence electrons. The van der Waals surface area contributed by atoms with Crippen molar-refractivity contribution >= 4 is 5.91 Å². The standard InChI is InChI=1S/C16H26N2O/c1-3-15-12-16(19)18(13-15)9-5-4-8-17-10-6-14(2)7-11-17/h1,14-15H,4-13H2,2H3. The van der Waals surface area contributed by atoms with Gasteiger partial charge in [0.15, 0.2) is 0 Å². The topological polar surface area (TPSA) is 23.6 Å². The van der Waals surface area contributed by atoms with Crippen LogP contribution in [0.4, 0.5) is 0 Å². The molecule has 19 heavy (non-hydrogen) atoms. The molecule has 0 aliphatic carbocycles. The number of likely N-dealkylation sites (tertiary alicyclic amines) is 2. The Morgan fingerprint density at radius 2 is 1.95 bits per heavy atom. The molecule has 2 saturated heterocycles. The first-order valence-corrected chi connectivity index (χ1v) is 7.65. The van der Waals surface area contributed by atoms with Gasteiger partial charge in [-0.2, -0.15) is 0 Å². The highest BCUT2D eigenvalue weighted by Gasteiger charge is 2.27. The molecule has 1 amide bonds. The van der Waals surface area contributed by atoms with Crippen LogP contribution < -0.4 is 0 Å². The van der Waals surface area contributed by atoms with Crippen molar-refractivity contribution in [2.75, 3.05) is 32.7 Å². The second-order valence-electron chi connectivity index (χ2n) is 6.14. The van der Waals surface area contributed by atoms with Crippen LogP contribution >= 0.6 is 0 Å². The van der Waals surface area contributed by atoms with E-state index in [0.29, 0.717) is 6.42 Å². The van der Waals surface area contributed by atoms with Crippen molar-refractivity contribution in [2.45, 2.75) is 39.0 Å². The van der Waals surface area contributed by atoms with Gasteiger partial charge in [0.05, 0.1) is 0 Å². The lowest BCUT2D eigenvalue weighted by molar-refractivity contribution is -0.127. The number of unbranched alkanes of at least 4 members (excludes halogenated alkanes) is 1. The summed E-state index contributed by atoms with van der Waals surface area (Å²) in [5.74, 6) is 4.00. The van der Waals surface area contributed by atoms with Crippen molar-refractivity contribution in [1.82, 2.24) is 9.80 Å². The van der Waals surface area contributed by atoms with E-state index >= 15 is 0 Å². The predicted octanol–water partition coefficient (Wildman–Crippen LogP) is 1.98. The van der Waals surface area contributed by atoms with Gasteiger partial charge in [0, 0.05) is 25.4 Å². The number of terminal acetylenes is 1. The molecule has 0 aromatic heterocycles. The van der Waals surface area contributed by atoms with Gasteiger partial charge in [0.2, 0.25) is 5.91 Å². The van der Waals surface area contributed by atoms with Crippen molar-refractivity contribution in [3.8, 4) is 12.3 Å². The zero-order valence-electron chi connectivity index (χ0n) is 12.1. The molecule has 1 atom stereocenters. The minimum Gasteiger partial charge on any atom is -0.341 e. The fourth-order valence-electron chi connectivity index (χ4n) is 3.02. The van der Waals surface area contributed by atoms with Crippen LogP contribution in [0.25, 0.3) is 0 Å². The smallest absolute Gasteiger partial charge is 0.223 e. The first kappa shape index (κ1) is 14.4. The monoisotopic (exact) mass is 262 g/mol. The molecule has 2 rings (SSSR count). The van der Waals surface area contributed by atoms with Crippen LogP contribution in [0.2, 0.25) is 0 Å². The molecule has 3 heteroatoms. The summed E-state index contributed by atoms with van der Waals surface area (Å²) in [6, 6.07) is 0. The van der Waals surface area contributed by atoms with Crippen molar-refractivity contribution in [3.05, 3.63) is 0 Å². The van der Waals surface area contributed by atoms with Gasteiger partial charge < -0.3 is 9.80 Å². The van der Waals surface area contributed by atoms with Crippen LogP contribution in [-0.4, -0.2) is 48.4 Å². The van der Waals surface area contributed by atoms with Crippen LogP contribution in [-0.2, 0) is 4.79 Å². The molecule has 0 spiro atoms. The van der Waals surface area contributed by atoms with Crippen LogP contribution in [0.15, 0.2) is 0 Å². The fourth-order valence-corrected chi connectivity index (χ4v) is 3.02. The number of rotatable bonds is 5. The molecule has 0 bridgehead atoms. The van der Waals surface area contributed by atoms with Gasteiger partial charge in [-0.25, -0.2) is 0 Å². The molecule has 0 saturated carbocycles.